The standard InChI is InChI=1S/C22H23NO3/c1-4-14(2)20(22(25)26-3)23-21(24)19-17-11-7-5-9-15(17)13-16-10-6-8-12-18(16)19/h5-14,20H,4H2,1-3H3,(H,23,24)/t14-,20-/m1/s1. The van der Waals surface area contributed by atoms with Gasteiger partial charge in [-0.05, 0) is 33.5 Å². The average molecular weight is 349 g/mol. The summed E-state index contributed by atoms with van der Waals surface area (Å²) in [6, 6.07) is 17.0. The Morgan fingerprint density at radius 3 is 2.04 bits per heavy atom. The second-order valence-electron chi connectivity index (χ2n) is 6.55. The van der Waals surface area contributed by atoms with Crippen molar-refractivity contribution in [2.24, 2.45) is 5.92 Å². The molecule has 0 spiro atoms. The van der Waals surface area contributed by atoms with Crippen molar-refractivity contribution >= 4 is 33.4 Å². The van der Waals surface area contributed by atoms with E-state index in [4.69, 9.17) is 4.74 Å². The summed E-state index contributed by atoms with van der Waals surface area (Å²) in [4.78, 5) is 25.4. The minimum atomic E-state index is -0.671. The maximum Gasteiger partial charge on any atom is 0.328 e. The first-order valence-corrected chi connectivity index (χ1v) is 8.86. The number of carbonyl (C=O) groups is 2. The van der Waals surface area contributed by atoms with Gasteiger partial charge in [-0.15, -0.1) is 0 Å². The minimum absolute atomic E-state index is 0.0207. The number of hydrogen-bond acceptors (Lipinski definition) is 3. The molecule has 3 aromatic carbocycles. The zero-order valence-corrected chi connectivity index (χ0v) is 15.3. The van der Waals surface area contributed by atoms with Crippen LogP contribution < -0.4 is 5.32 Å². The molecule has 134 valence electrons. The molecule has 2 atom stereocenters. The lowest BCUT2D eigenvalue weighted by Gasteiger charge is -2.22. The van der Waals surface area contributed by atoms with E-state index in [-0.39, 0.29) is 11.8 Å². The number of rotatable bonds is 5. The molecule has 0 saturated carbocycles. The van der Waals surface area contributed by atoms with E-state index in [1.54, 1.807) is 0 Å². The van der Waals surface area contributed by atoms with Crippen LogP contribution in [0.5, 0.6) is 0 Å². The van der Waals surface area contributed by atoms with Gasteiger partial charge in [0.25, 0.3) is 5.91 Å². The molecule has 0 bridgehead atoms. The third-order valence-corrected chi connectivity index (χ3v) is 4.95. The third-order valence-electron chi connectivity index (χ3n) is 4.95. The van der Waals surface area contributed by atoms with Crippen LogP contribution in [0.15, 0.2) is 54.6 Å². The summed E-state index contributed by atoms with van der Waals surface area (Å²) in [5, 5.41) is 6.64. The van der Waals surface area contributed by atoms with Gasteiger partial charge in [-0.25, -0.2) is 4.79 Å². The molecule has 3 rings (SSSR count). The van der Waals surface area contributed by atoms with Crippen LogP contribution >= 0.6 is 0 Å². The molecular formula is C22H23NO3. The maximum atomic E-state index is 13.2. The van der Waals surface area contributed by atoms with Gasteiger partial charge in [-0.2, -0.15) is 0 Å². The predicted molar refractivity (Wildman–Crippen MR) is 104 cm³/mol. The van der Waals surface area contributed by atoms with Gasteiger partial charge in [0.15, 0.2) is 0 Å². The normalized spacial score (nSPS) is 13.3. The van der Waals surface area contributed by atoms with E-state index in [1.165, 1.54) is 7.11 Å². The fourth-order valence-electron chi connectivity index (χ4n) is 3.27. The first-order chi connectivity index (χ1) is 12.6. The van der Waals surface area contributed by atoms with Crippen molar-refractivity contribution in [2.75, 3.05) is 7.11 Å². The van der Waals surface area contributed by atoms with Crippen molar-refractivity contribution in [3.05, 3.63) is 60.2 Å². The van der Waals surface area contributed by atoms with E-state index >= 15 is 0 Å². The summed E-state index contributed by atoms with van der Waals surface area (Å²) in [6.07, 6.45) is 0.760. The number of amides is 1. The molecule has 1 amide bonds. The Morgan fingerprint density at radius 1 is 1.00 bits per heavy atom. The van der Waals surface area contributed by atoms with Crippen molar-refractivity contribution in [3.8, 4) is 0 Å². The van der Waals surface area contributed by atoms with Crippen molar-refractivity contribution in [2.45, 2.75) is 26.3 Å². The quantitative estimate of drug-likeness (QED) is 0.551. The van der Waals surface area contributed by atoms with E-state index in [9.17, 15) is 9.59 Å². The van der Waals surface area contributed by atoms with E-state index in [2.05, 4.69) is 11.4 Å². The molecule has 0 aliphatic rings. The van der Waals surface area contributed by atoms with Gasteiger partial charge in [0, 0.05) is 0 Å². The lowest BCUT2D eigenvalue weighted by atomic mass is 9.94. The Balaban J connectivity index is 2.13. The number of esters is 1. The Morgan fingerprint density at radius 2 is 1.54 bits per heavy atom. The van der Waals surface area contributed by atoms with Gasteiger partial charge in [-0.3, -0.25) is 4.79 Å². The molecule has 0 aliphatic carbocycles. The second-order valence-corrected chi connectivity index (χ2v) is 6.55. The van der Waals surface area contributed by atoms with Gasteiger partial charge in [0.1, 0.15) is 6.04 Å². The van der Waals surface area contributed by atoms with Crippen LogP contribution in [0.25, 0.3) is 21.5 Å². The van der Waals surface area contributed by atoms with Gasteiger partial charge in [0.05, 0.1) is 12.7 Å². The van der Waals surface area contributed by atoms with Gasteiger partial charge in [-0.1, -0.05) is 68.8 Å². The summed E-state index contributed by atoms with van der Waals surface area (Å²) in [7, 11) is 1.34. The average Bonchev–Trinajstić information content (AvgIpc) is 2.68. The largest absolute Gasteiger partial charge is 0.467 e. The number of methoxy groups -OCH3 is 1. The van der Waals surface area contributed by atoms with Crippen LogP contribution in [0.3, 0.4) is 0 Å². The first kappa shape index (κ1) is 17.9. The third kappa shape index (κ3) is 3.27. The highest BCUT2D eigenvalue weighted by molar-refractivity contribution is 6.18. The van der Waals surface area contributed by atoms with E-state index in [0.717, 1.165) is 28.0 Å². The number of carbonyl (C=O) groups excluding carboxylic acids is 2. The number of ether oxygens (including phenoxy) is 1. The molecule has 0 saturated heterocycles. The van der Waals surface area contributed by atoms with Crippen molar-refractivity contribution in [3.63, 3.8) is 0 Å². The fourth-order valence-corrected chi connectivity index (χ4v) is 3.27. The molecule has 1 N–H and O–H groups in total. The molecule has 0 unspecified atom stereocenters. The summed E-state index contributed by atoms with van der Waals surface area (Å²) in [6.45, 7) is 3.92. The summed E-state index contributed by atoms with van der Waals surface area (Å²) < 4.78 is 4.89. The van der Waals surface area contributed by atoms with E-state index < -0.39 is 12.0 Å². The summed E-state index contributed by atoms with van der Waals surface area (Å²) >= 11 is 0. The van der Waals surface area contributed by atoms with E-state index in [1.807, 2.05) is 62.4 Å². The highest BCUT2D eigenvalue weighted by atomic mass is 16.5. The van der Waals surface area contributed by atoms with Crippen LogP contribution in [-0.4, -0.2) is 25.0 Å². The topological polar surface area (TPSA) is 55.4 Å². The number of fused-ring (bicyclic) bond motifs is 2. The Kier molecular flexibility index (Phi) is 5.21. The Hall–Kier alpha value is -2.88. The van der Waals surface area contributed by atoms with Crippen LogP contribution in [0.1, 0.15) is 30.6 Å². The van der Waals surface area contributed by atoms with Crippen molar-refractivity contribution < 1.29 is 14.3 Å². The van der Waals surface area contributed by atoms with Crippen LogP contribution in [-0.2, 0) is 9.53 Å². The smallest absolute Gasteiger partial charge is 0.328 e. The fraction of sp³-hybridized carbons (Fsp3) is 0.273. The highest BCUT2D eigenvalue weighted by Gasteiger charge is 2.28. The zero-order valence-electron chi connectivity index (χ0n) is 15.3. The predicted octanol–water partition coefficient (Wildman–Crippen LogP) is 4.31. The van der Waals surface area contributed by atoms with Gasteiger partial charge in [0.2, 0.25) is 0 Å². The number of nitrogens with one attached hydrogen (secondary N) is 1. The molecule has 0 fully saturated rings. The molecule has 4 nitrogen and oxygen atoms in total. The Labute approximate surface area is 153 Å². The lowest BCUT2D eigenvalue weighted by molar-refractivity contribution is -0.144. The molecule has 0 aliphatic heterocycles. The Bertz CT molecular complexity index is 910. The van der Waals surface area contributed by atoms with Gasteiger partial charge >= 0.3 is 5.97 Å². The molecular weight excluding hydrogens is 326 g/mol. The van der Waals surface area contributed by atoms with Crippen molar-refractivity contribution in [1.29, 1.82) is 0 Å². The van der Waals surface area contributed by atoms with Crippen LogP contribution in [0.4, 0.5) is 0 Å². The summed E-state index contributed by atoms with van der Waals surface area (Å²) in [5.74, 6) is -0.696. The molecule has 0 heterocycles. The summed E-state index contributed by atoms with van der Waals surface area (Å²) in [5.41, 5.74) is 0.593. The highest BCUT2D eigenvalue weighted by Crippen LogP contribution is 2.28. The van der Waals surface area contributed by atoms with Crippen LogP contribution in [0.2, 0.25) is 0 Å². The minimum Gasteiger partial charge on any atom is -0.467 e. The maximum absolute atomic E-state index is 13.2. The molecule has 3 aromatic rings. The second kappa shape index (κ2) is 7.56. The molecule has 4 heteroatoms. The first-order valence-electron chi connectivity index (χ1n) is 8.86. The zero-order chi connectivity index (χ0) is 18.7. The van der Waals surface area contributed by atoms with Gasteiger partial charge < -0.3 is 10.1 Å². The molecule has 0 aromatic heterocycles. The molecule has 0 radical (unpaired) electrons. The van der Waals surface area contributed by atoms with E-state index in [0.29, 0.717) is 5.56 Å². The monoisotopic (exact) mass is 349 g/mol. The lowest BCUT2D eigenvalue weighted by Crippen LogP contribution is -2.45. The van der Waals surface area contributed by atoms with Crippen molar-refractivity contribution in [1.82, 2.24) is 5.32 Å². The SMILES string of the molecule is CC[C@@H](C)[C@@H](NC(=O)c1c2ccccc2cc2ccccc12)C(=O)OC. The number of benzene rings is 3. The molecule has 26 heavy (non-hydrogen) atoms. The number of hydrogen-bond donors (Lipinski definition) is 1. The van der Waals surface area contributed by atoms with Crippen LogP contribution in [0, 0.1) is 5.92 Å².